The Kier molecular flexibility index (Phi) is 11.9. The number of aliphatic hydroxyl groups is 4. The molecular weight excluding hydrogens is 384 g/mol. The van der Waals surface area contributed by atoms with Gasteiger partial charge in [-0.2, -0.15) is 0 Å². The van der Waals surface area contributed by atoms with Crippen LogP contribution in [-0.4, -0.2) is 91.6 Å². The lowest BCUT2D eigenvalue weighted by molar-refractivity contribution is -0.176. The summed E-state index contributed by atoms with van der Waals surface area (Å²) in [5.41, 5.74) is 0. The second kappa shape index (κ2) is 13.0. The molecule has 162 valence electrons. The zero-order valence-electron chi connectivity index (χ0n) is 15.3. The molecule has 0 aromatic rings. The number of unbranched alkanes of at least 4 members (excludes halogenated alkanes) is 2. The van der Waals surface area contributed by atoms with E-state index in [1.165, 1.54) is 0 Å². The van der Waals surface area contributed by atoms with E-state index in [9.17, 15) is 34.5 Å². The molecule has 0 fully saturated rings. The molecule has 5 unspecified atom stereocenters. The van der Waals surface area contributed by atoms with Gasteiger partial charge in [0.1, 0.15) is 6.10 Å². The Labute approximate surface area is 160 Å². The monoisotopic (exact) mass is 410 g/mol. The Morgan fingerprint density at radius 1 is 0.750 bits per heavy atom. The highest BCUT2D eigenvalue weighted by Crippen LogP contribution is 2.13. The molecule has 0 saturated heterocycles. The summed E-state index contributed by atoms with van der Waals surface area (Å²) in [6.45, 7) is 1.51. The number of hydrogen-bond donors (Lipinski definition) is 6. The molecule has 0 aromatic carbocycles. The average Bonchev–Trinajstić information content (AvgIpc) is 2.64. The Balaban J connectivity index is 4.72. The van der Waals surface area contributed by atoms with Crippen molar-refractivity contribution in [2.45, 2.75) is 69.5 Å². The smallest absolute Gasteiger partial charge is 0.338 e. The maximum absolute atomic E-state index is 11.8. The van der Waals surface area contributed by atoms with Gasteiger partial charge in [0, 0.05) is 6.42 Å². The van der Waals surface area contributed by atoms with Gasteiger partial charge >= 0.3 is 23.9 Å². The molecule has 0 saturated carbocycles. The van der Waals surface area contributed by atoms with Gasteiger partial charge in [0.05, 0.1) is 6.61 Å². The number of carboxylic acid groups (broad SMARTS) is 2. The van der Waals surface area contributed by atoms with Crippen LogP contribution in [0.5, 0.6) is 0 Å². The fourth-order valence-corrected chi connectivity index (χ4v) is 2.02. The van der Waals surface area contributed by atoms with Crippen molar-refractivity contribution >= 4 is 23.9 Å². The van der Waals surface area contributed by atoms with Crippen LogP contribution in [0.1, 0.15) is 39.0 Å². The predicted molar refractivity (Wildman–Crippen MR) is 88.9 cm³/mol. The van der Waals surface area contributed by atoms with Crippen LogP contribution in [0, 0.1) is 0 Å². The van der Waals surface area contributed by atoms with Gasteiger partial charge in [0.15, 0.2) is 24.4 Å². The van der Waals surface area contributed by atoms with E-state index in [0.29, 0.717) is 6.42 Å². The van der Waals surface area contributed by atoms with Crippen LogP contribution >= 0.6 is 0 Å². The lowest BCUT2D eigenvalue weighted by atomic mass is 10.1. The van der Waals surface area contributed by atoms with Crippen LogP contribution in [0.4, 0.5) is 0 Å². The maximum Gasteiger partial charge on any atom is 0.338 e. The molecule has 28 heavy (non-hydrogen) atoms. The Hall–Kier alpha value is -2.28. The third kappa shape index (κ3) is 9.08. The van der Waals surface area contributed by atoms with Crippen LogP contribution in [0.2, 0.25) is 0 Å². The first-order valence-electron chi connectivity index (χ1n) is 8.57. The van der Waals surface area contributed by atoms with Gasteiger partial charge in [-0.15, -0.1) is 0 Å². The van der Waals surface area contributed by atoms with Crippen LogP contribution < -0.4 is 0 Å². The second-order valence-corrected chi connectivity index (χ2v) is 5.97. The fraction of sp³-hybridized carbons (Fsp3) is 0.750. The van der Waals surface area contributed by atoms with Crippen molar-refractivity contribution in [3.05, 3.63) is 0 Å². The van der Waals surface area contributed by atoms with Gasteiger partial charge in [-0.25, -0.2) is 19.2 Å². The normalized spacial score (nSPS) is 16.3. The zero-order valence-corrected chi connectivity index (χ0v) is 15.3. The van der Waals surface area contributed by atoms with Crippen LogP contribution in [0.3, 0.4) is 0 Å². The minimum atomic E-state index is -2.37. The summed E-state index contributed by atoms with van der Waals surface area (Å²) in [6, 6.07) is 0. The molecule has 0 aliphatic carbocycles. The second-order valence-electron chi connectivity index (χ2n) is 5.97. The summed E-state index contributed by atoms with van der Waals surface area (Å²) in [4.78, 5) is 44.3. The first-order valence-corrected chi connectivity index (χ1v) is 8.57. The molecule has 0 spiro atoms. The van der Waals surface area contributed by atoms with Crippen LogP contribution in [-0.2, 0) is 28.7 Å². The first-order chi connectivity index (χ1) is 13.0. The lowest BCUT2D eigenvalue weighted by Gasteiger charge is -2.21. The molecule has 0 heterocycles. The quantitative estimate of drug-likeness (QED) is 0.136. The molecule has 12 nitrogen and oxygen atoms in total. The van der Waals surface area contributed by atoms with Gasteiger partial charge in [-0.05, 0) is 12.8 Å². The molecular formula is C16H26O12. The number of carbonyl (C=O) groups is 4. The van der Waals surface area contributed by atoms with Crippen molar-refractivity contribution in [2.24, 2.45) is 0 Å². The number of esters is 2. The fourth-order valence-electron chi connectivity index (χ4n) is 2.02. The van der Waals surface area contributed by atoms with Crippen molar-refractivity contribution in [2.75, 3.05) is 6.61 Å². The number of aliphatic hydroxyl groups excluding tert-OH is 4. The van der Waals surface area contributed by atoms with Crippen molar-refractivity contribution in [1.29, 1.82) is 0 Å². The van der Waals surface area contributed by atoms with Crippen molar-refractivity contribution in [1.82, 2.24) is 0 Å². The van der Waals surface area contributed by atoms with Gasteiger partial charge < -0.3 is 40.1 Å². The van der Waals surface area contributed by atoms with E-state index in [2.05, 4.69) is 4.74 Å². The molecule has 0 amide bonds. The van der Waals surface area contributed by atoms with E-state index < -0.39 is 61.0 Å². The first kappa shape index (κ1) is 25.7. The van der Waals surface area contributed by atoms with Crippen LogP contribution in [0.15, 0.2) is 0 Å². The van der Waals surface area contributed by atoms with E-state index in [4.69, 9.17) is 20.1 Å². The van der Waals surface area contributed by atoms with E-state index in [-0.39, 0.29) is 12.8 Å². The summed E-state index contributed by atoms with van der Waals surface area (Å²) < 4.78 is 9.58. The van der Waals surface area contributed by atoms with Gasteiger partial charge in [-0.1, -0.05) is 19.8 Å². The highest BCUT2D eigenvalue weighted by Gasteiger charge is 2.34. The molecule has 0 radical (unpaired) electrons. The summed E-state index contributed by atoms with van der Waals surface area (Å²) in [7, 11) is 0. The molecule has 0 aliphatic heterocycles. The molecule has 0 rings (SSSR count). The lowest BCUT2D eigenvalue weighted by Crippen LogP contribution is -2.42. The van der Waals surface area contributed by atoms with Crippen molar-refractivity contribution in [3.63, 3.8) is 0 Å². The van der Waals surface area contributed by atoms with Crippen molar-refractivity contribution in [3.8, 4) is 0 Å². The molecule has 0 aromatic heterocycles. The van der Waals surface area contributed by atoms with E-state index in [0.717, 1.165) is 12.8 Å². The van der Waals surface area contributed by atoms with E-state index in [1.54, 1.807) is 0 Å². The molecule has 6 N–H and O–H groups in total. The van der Waals surface area contributed by atoms with Crippen LogP contribution in [0.25, 0.3) is 0 Å². The molecule has 0 bridgehead atoms. The van der Waals surface area contributed by atoms with E-state index in [1.807, 2.05) is 6.92 Å². The number of rotatable bonds is 14. The maximum atomic E-state index is 11.8. The zero-order chi connectivity index (χ0) is 21.9. The summed E-state index contributed by atoms with van der Waals surface area (Å²) in [6.07, 6.45) is -7.84. The largest absolute Gasteiger partial charge is 0.479 e. The summed E-state index contributed by atoms with van der Waals surface area (Å²) in [5, 5.41) is 54.1. The Morgan fingerprint density at radius 2 is 1.25 bits per heavy atom. The molecule has 12 heteroatoms. The number of ether oxygens (including phenoxy) is 2. The van der Waals surface area contributed by atoms with Crippen molar-refractivity contribution < 1.29 is 59.3 Å². The predicted octanol–water partition coefficient (Wildman–Crippen LogP) is -1.98. The highest BCUT2D eigenvalue weighted by atomic mass is 16.6. The molecule has 0 aliphatic rings. The number of carbonyl (C=O) groups excluding carboxylic acids is 2. The Bertz CT molecular complexity index is 534. The van der Waals surface area contributed by atoms with Gasteiger partial charge in [0.2, 0.25) is 0 Å². The topological polar surface area (TPSA) is 208 Å². The average molecular weight is 410 g/mol. The van der Waals surface area contributed by atoms with Gasteiger partial charge in [0.25, 0.3) is 0 Å². The van der Waals surface area contributed by atoms with E-state index >= 15 is 0 Å². The third-order valence-electron chi connectivity index (χ3n) is 3.68. The minimum Gasteiger partial charge on any atom is -0.479 e. The summed E-state index contributed by atoms with van der Waals surface area (Å²) in [5.74, 6) is -6.40. The SMILES string of the molecule is CCCCCC(CCOC(=O)C(O)C(O)C(=O)O)OC(=O)C(O)C(O)C(=O)O. The standard InChI is InChI=1S/C16H26O12/c1-2-3-4-5-8(28-16(26)12(20)10(18)14(23)24)6-7-27-15(25)11(19)9(17)13(21)22/h8-12,17-20H,2-7H2,1H3,(H,21,22)(H,23,24). The minimum absolute atomic E-state index is 0.104. The molecule has 5 atom stereocenters. The number of aliphatic carboxylic acids is 2. The number of carboxylic acids is 2. The third-order valence-corrected chi connectivity index (χ3v) is 3.68. The number of hydrogen-bond acceptors (Lipinski definition) is 10. The highest BCUT2D eigenvalue weighted by molar-refractivity contribution is 5.84. The Morgan fingerprint density at radius 3 is 1.71 bits per heavy atom. The van der Waals surface area contributed by atoms with Gasteiger partial charge in [-0.3, -0.25) is 0 Å². The summed E-state index contributed by atoms with van der Waals surface area (Å²) >= 11 is 0.